The fraction of sp³-hybridized carbons (Fsp3) is 0.231. The van der Waals surface area contributed by atoms with E-state index in [9.17, 15) is 14.9 Å². The molecular weight excluding hydrogens is 296 g/mol. The molecule has 7 nitrogen and oxygen atoms in total. The molecule has 0 aliphatic carbocycles. The predicted octanol–water partition coefficient (Wildman–Crippen LogP) is 3.28. The van der Waals surface area contributed by atoms with E-state index in [1.165, 1.54) is 24.5 Å². The molecular formula is C13H13ClN4O3. The minimum atomic E-state index is -0.529. The standard InChI is InChI=1S/C13H13ClN4O3/c1-8(2)17-7-10(18(20)21)6-11(17)13(19)16-9-3-4-15-12(14)5-9/h3-8H,1-2H3,(H,15,16,19). The highest BCUT2D eigenvalue weighted by atomic mass is 35.5. The minimum absolute atomic E-state index is 0.0829. The number of nitrogens with zero attached hydrogens (tertiary/aromatic N) is 3. The Morgan fingerprint density at radius 2 is 2.19 bits per heavy atom. The van der Waals surface area contributed by atoms with Crippen molar-refractivity contribution in [2.24, 2.45) is 0 Å². The number of aromatic nitrogens is 2. The molecule has 0 spiro atoms. The zero-order chi connectivity index (χ0) is 15.6. The largest absolute Gasteiger partial charge is 0.335 e. The first-order valence-electron chi connectivity index (χ1n) is 6.17. The smallest absolute Gasteiger partial charge is 0.287 e. The lowest BCUT2D eigenvalue weighted by atomic mass is 10.3. The molecule has 0 fully saturated rings. The summed E-state index contributed by atoms with van der Waals surface area (Å²) < 4.78 is 1.55. The molecule has 0 saturated heterocycles. The maximum absolute atomic E-state index is 12.3. The summed E-state index contributed by atoms with van der Waals surface area (Å²) in [6, 6.07) is 4.25. The van der Waals surface area contributed by atoms with Gasteiger partial charge in [0.2, 0.25) is 0 Å². The second-order valence-electron chi connectivity index (χ2n) is 4.66. The van der Waals surface area contributed by atoms with Gasteiger partial charge in [-0.05, 0) is 26.0 Å². The molecule has 2 rings (SSSR count). The van der Waals surface area contributed by atoms with Crippen LogP contribution in [0, 0.1) is 10.1 Å². The van der Waals surface area contributed by atoms with Gasteiger partial charge in [-0.2, -0.15) is 0 Å². The van der Waals surface area contributed by atoms with Gasteiger partial charge in [-0.25, -0.2) is 4.98 Å². The van der Waals surface area contributed by atoms with E-state index >= 15 is 0 Å². The van der Waals surface area contributed by atoms with Crippen LogP contribution >= 0.6 is 11.6 Å². The monoisotopic (exact) mass is 308 g/mol. The molecule has 0 unspecified atom stereocenters. The van der Waals surface area contributed by atoms with Crippen LogP contribution < -0.4 is 5.32 Å². The molecule has 110 valence electrons. The molecule has 0 atom stereocenters. The predicted molar refractivity (Wildman–Crippen MR) is 78.7 cm³/mol. The van der Waals surface area contributed by atoms with Crippen molar-refractivity contribution in [1.82, 2.24) is 9.55 Å². The average Bonchev–Trinajstić information content (AvgIpc) is 2.84. The fourth-order valence-corrected chi connectivity index (χ4v) is 2.02. The first kappa shape index (κ1) is 15.0. The van der Waals surface area contributed by atoms with Crippen LogP contribution in [0.2, 0.25) is 5.15 Å². The Morgan fingerprint density at radius 1 is 1.48 bits per heavy atom. The summed E-state index contributed by atoms with van der Waals surface area (Å²) in [7, 11) is 0. The molecule has 0 saturated carbocycles. The summed E-state index contributed by atoms with van der Waals surface area (Å²) in [6.07, 6.45) is 2.81. The summed E-state index contributed by atoms with van der Waals surface area (Å²) in [5.41, 5.74) is 0.561. The number of rotatable bonds is 4. The second-order valence-corrected chi connectivity index (χ2v) is 5.05. The Labute approximate surface area is 125 Å². The first-order chi connectivity index (χ1) is 9.88. The zero-order valence-electron chi connectivity index (χ0n) is 11.4. The Hall–Kier alpha value is -2.41. The maximum atomic E-state index is 12.3. The lowest BCUT2D eigenvalue weighted by Gasteiger charge is -2.12. The van der Waals surface area contributed by atoms with E-state index in [-0.39, 0.29) is 22.6 Å². The van der Waals surface area contributed by atoms with E-state index < -0.39 is 10.8 Å². The summed E-state index contributed by atoms with van der Waals surface area (Å²) in [6.45, 7) is 3.67. The molecule has 2 aromatic heterocycles. The van der Waals surface area contributed by atoms with E-state index in [1.807, 2.05) is 13.8 Å². The molecule has 21 heavy (non-hydrogen) atoms. The lowest BCUT2D eigenvalue weighted by Crippen LogP contribution is -2.17. The van der Waals surface area contributed by atoms with Gasteiger partial charge < -0.3 is 9.88 Å². The molecule has 1 N–H and O–H groups in total. The van der Waals surface area contributed by atoms with E-state index in [0.717, 1.165) is 0 Å². The topological polar surface area (TPSA) is 90.1 Å². The van der Waals surface area contributed by atoms with Gasteiger partial charge in [-0.15, -0.1) is 0 Å². The minimum Gasteiger partial charge on any atom is -0.335 e. The number of anilines is 1. The van der Waals surface area contributed by atoms with Gasteiger partial charge in [-0.3, -0.25) is 14.9 Å². The van der Waals surface area contributed by atoms with Gasteiger partial charge in [0, 0.05) is 24.0 Å². The summed E-state index contributed by atoms with van der Waals surface area (Å²) in [5, 5.41) is 13.7. The van der Waals surface area contributed by atoms with Gasteiger partial charge in [-0.1, -0.05) is 11.6 Å². The number of nitro groups is 1. The fourth-order valence-electron chi connectivity index (χ4n) is 1.85. The van der Waals surface area contributed by atoms with Crippen LogP contribution in [0.15, 0.2) is 30.6 Å². The van der Waals surface area contributed by atoms with Crippen molar-refractivity contribution in [2.75, 3.05) is 5.32 Å². The molecule has 2 aromatic rings. The van der Waals surface area contributed by atoms with Crippen LogP contribution in [0.25, 0.3) is 0 Å². The third kappa shape index (κ3) is 3.38. The molecule has 1 amide bonds. The van der Waals surface area contributed by atoms with Crippen molar-refractivity contribution in [1.29, 1.82) is 0 Å². The van der Waals surface area contributed by atoms with Gasteiger partial charge >= 0.3 is 0 Å². The van der Waals surface area contributed by atoms with Crippen LogP contribution in [0.4, 0.5) is 11.4 Å². The number of carbonyl (C=O) groups is 1. The van der Waals surface area contributed by atoms with Crippen molar-refractivity contribution in [3.8, 4) is 0 Å². The van der Waals surface area contributed by atoms with Gasteiger partial charge in [0.15, 0.2) is 0 Å². The van der Waals surface area contributed by atoms with E-state index in [1.54, 1.807) is 10.6 Å². The summed E-state index contributed by atoms with van der Waals surface area (Å²) in [4.78, 5) is 26.4. The SMILES string of the molecule is CC(C)n1cc([N+](=O)[O-])cc1C(=O)Nc1ccnc(Cl)c1. The highest BCUT2D eigenvalue weighted by Gasteiger charge is 2.20. The Morgan fingerprint density at radius 3 is 2.76 bits per heavy atom. The lowest BCUT2D eigenvalue weighted by molar-refractivity contribution is -0.384. The molecule has 0 bridgehead atoms. The van der Waals surface area contributed by atoms with Crippen molar-refractivity contribution < 1.29 is 9.72 Å². The quantitative estimate of drug-likeness (QED) is 0.533. The first-order valence-corrected chi connectivity index (χ1v) is 6.55. The normalized spacial score (nSPS) is 10.7. The summed E-state index contributed by atoms with van der Waals surface area (Å²) in [5.74, 6) is -0.445. The van der Waals surface area contributed by atoms with Crippen molar-refractivity contribution in [2.45, 2.75) is 19.9 Å². The highest BCUT2D eigenvalue weighted by Crippen LogP contribution is 2.22. The Kier molecular flexibility index (Phi) is 4.23. The Bertz CT molecular complexity index is 696. The summed E-state index contributed by atoms with van der Waals surface area (Å²) >= 11 is 5.74. The van der Waals surface area contributed by atoms with E-state index in [4.69, 9.17) is 11.6 Å². The van der Waals surface area contributed by atoms with Gasteiger partial charge in [0.05, 0.1) is 11.1 Å². The molecule has 0 aromatic carbocycles. The number of hydrogen-bond donors (Lipinski definition) is 1. The Balaban J connectivity index is 2.32. The van der Waals surface area contributed by atoms with Gasteiger partial charge in [0.1, 0.15) is 10.8 Å². The number of carbonyl (C=O) groups excluding carboxylic acids is 1. The van der Waals surface area contributed by atoms with Crippen molar-refractivity contribution in [3.05, 3.63) is 51.6 Å². The number of amides is 1. The van der Waals surface area contributed by atoms with E-state index in [2.05, 4.69) is 10.3 Å². The van der Waals surface area contributed by atoms with Crippen molar-refractivity contribution >= 4 is 28.9 Å². The van der Waals surface area contributed by atoms with E-state index in [0.29, 0.717) is 5.69 Å². The van der Waals surface area contributed by atoms with Crippen LogP contribution in [-0.4, -0.2) is 20.4 Å². The molecule has 0 aliphatic rings. The number of pyridine rings is 1. The third-order valence-electron chi connectivity index (χ3n) is 2.82. The van der Waals surface area contributed by atoms with Crippen LogP contribution in [0.1, 0.15) is 30.4 Å². The average molecular weight is 309 g/mol. The molecule has 0 radical (unpaired) electrons. The number of hydrogen-bond acceptors (Lipinski definition) is 4. The highest BCUT2D eigenvalue weighted by molar-refractivity contribution is 6.29. The zero-order valence-corrected chi connectivity index (χ0v) is 12.2. The third-order valence-corrected chi connectivity index (χ3v) is 3.03. The molecule has 2 heterocycles. The number of halogens is 1. The molecule has 0 aliphatic heterocycles. The van der Waals surface area contributed by atoms with Gasteiger partial charge in [0.25, 0.3) is 11.6 Å². The van der Waals surface area contributed by atoms with Crippen LogP contribution in [-0.2, 0) is 0 Å². The maximum Gasteiger partial charge on any atom is 0.287 e. The van der Waals surface area contributed by atoms with Crippen LogP contribution in [0.5, 0.6) is 0 Å². The number of nitrogens with one attached hydrogen (secondary N) is 1. The van der Waals surface area contributed by atoms with Crippen molar-refractivity contribution in [3.63, 3.8) is 0 Å². The molecule has 8 heteroatoms. The second kappa shape index (κ2) is 5.92. The van der Waals surface area contributed by atoms with Crippen LogP contribution in [0.3, 0.4) is 0 Å².